The zero-order valence-corrected chi connectivity index (χ0v) is 16.5. The predicted octanol–water partition coefficient (Wildman–Crippen LogP) is 4.28. The number of aliphatic hydroxyl groups excluding tert-OH is 1. The van der Waals surface area contributed by atoms with E-state index >= 15 is 0 Å². The van der Waals surface area contributed by atoms with E-state index in [2.05, 4.69) is 4.90 Å². The van der Waals surface area contributed by atoms with Crippen LogP contribution in [0.5, 0.6) is 11.5 Å². The predicted molar refractivity (Wildman–Crippen MR) is 111 cm³/mol. The first-order chi connectivity index (χ1) is 14.1. The Bertz CT molecular complexity index is 871. The summed E-state index contributed by atoms with van der Waals surface area (Å²) in [5, 5.41) is 10.5. The topological polar surface area (TPSA) is 41.9 Å². The van der Waals surface area contributed by atoms with E-state index in [0.29, 0.717) is 19.6 Å². The molecule has 0 spiro atoms. The third-order valence-corrected chi connectivity index (χ3v) is 4.56. The smallest absolute Gasteiger partial charge is 0.123 e. The Morgan fingerprint density at radius 2 is 1.59 bits per heavy atom. The molecular formula is C24H26FNO3. The minimum atomic E-state index is -0.676. The second-order valence-electron chi connectivity index (χ2n) is 6.89. The van der Waals surface area contributed by atoms with Crippen molar-refractivity contribution in [2.75, 3.05) is 20.3 Å². The Hall–Kier alpha value is -2.89. The lowest BCUT2D eigenvalue weighted by Crippen LogP contribution is -2.35. The van der Waals surface area contributed by atoms with Crippen LogP contribution in [0.15, 0.2) is 78.9 Å². The molecule has 5 heteroatoms. The van der Waals surface area contributed by atoms with Crippen LogP contribution in [0, 0.1) is 5.82 Å². The first-order valence-corrected chi connectivity index (χ1v) is 9.58. The summed E-state index contributed by atoms with van der Waals surface area (Å²) in [6.07, 6.45) is -0.676. The molecule has 0 aliphatic carbocycles. The molecule has 1 unspecified atom stereocenters. The van der Waals surface area contributed by atoms with Gasteiger partial charge in [0, 0.05) is 25.2 Å². The number of aliphatic hydroxyl groups is 1. The van der Waals surface area contributed by atoms with Gasteiger partial charge in [0.05, 0.1) is 7.11 Å². The van der Waals surface area contributed by atoms with Crippen LogP contribution in [0.4, 0.5) is 4.39 Å². The van der Waals surface area contributed by atoms with E-state index in [1.165, 1.54) is 12.1 Å². The number of nitrogens with zero attached hydrogens (tertiary/aromatic N) is 1. The first-order valence-electron chi connectivity index (χ1n) is 9.58. The lowest BCUT2D eigenvalue weighted by atomic mass is 10.1. The standard InChI is InChI=1S/C24H26FNO3/c1-28-24-10-6-5-7-20(24)16-26(15-19-11-13-21(25)14-12-19)17-22(27)18-29-23-8-3-2-4-9-23/h2-14,22,27H,15-18H2,1H3. The van der Waals surface area contributed by atoms with E-state index in [9.17, 15) is 9.50 Å². The third-order valence-electron chi connectivity index (χ3n) is 4.56. The van der Waals surface area contributed by atoms with Gasteiger partial charge >= 0.3 is 0 Å². The Morgan fingerprint density at radius 3 is 2.31 bits per heavy atom. The molecule has 0 amide bonds. The molecule has 3 rings (SSSR count). The highest BCUT2D eigenvalue weighted by Crippen LogP contribution is 2.21. The van der Waals surface area contributed by atoms with Gasteiger partial charge in [-0.3, -0.25) is 4.90 Å². The van der Waals surface area contributed by atoms with E-state index in [1.54, 1.807) is 19.2 Å². The van der Waals surface area contributed by atoms with Crippen LogP contribution in [-0.4, -0.2) is 36.4 Å². The number of hydrogen-bond donors (Lipinski definition) is 1. The molecule has 3 aromatic carbocycles. The van der Waals surface area contributed by atoms with Gasteiger partial charge in [0.1, 0.15) is 30.0 Å². The van der Waals surface area contributed by atoms with E-state index in [0.717, 1.165) is 22.6 Å². The molecular weight excluding hydrogens is 369 g/mol. The van der Waals surface area contributed by atoms with Gasteiger partial charge in [-0.1, -0.05) is 48.5 Å². The number of methoxy groups -OCH3 is 1. The molecule has 0 radical (unpaired) electrons. The summed E-state index contributed by atoms with van der Waals surface area (Å²) in [5.41, 5.74) is 1.99. The summed E-state index contributed by atoms with van der Waals surface area (Å²) in [6, 6.07) is 23.7. The minimum Gasteiger partial charge on any atom is -0.496 e. The van der Waals surface area contributed by atoms with E-state index < -0.39 is 6.10 Å². The number of para-hydroxylation sites is 2. The van der Waals surface area contributed by atoms with Gasteiger partial charge < -0.3 is 14.6 Å². The molecule has 4 nitrogen and oxygen atoms in total. The zero-order chi connectivity index (χ0) is 20.5. The Morgan fingerprint density at radius 1 is 0.897 bits per heavy atom. The summed E-state index contributed by atoms with van der Waals surface area (Å²) >= 11 is 0. The number of rotatable bonds is 10. The molecule has 29 heavy (non-hydrogen) atoms. The Kier molecular flexibility index (Phi) is 7.61. The van der Waals surface area contributed by atoms with E-state index in [4.69, 9.17) is 9.47 Å². The Balaban J connectivity index is 1.68. The first kappa shape index (κ1) is 20.8. The normalized spacial score (nSPS) is 12.0. The molecule has 1 N–H and O–H groups in total. The van der Waals surface area contributed by atoms with Crippen LogP contribution in [0.1, 0.15) is 11.1 Å². The molecule has 3 aromatic rings. The number of halogens is 1. The largest absolute Gasteiger partial charge is 0.496 e. The summed E-state index contributed by atoms with van der Waals surface area (Å²) < 4.78 is 24.4. The van der Waals surface area contributed by atoms with Crippen molar-refractivity contribution in [1.82, 2.24) is 4.90 Å². The molecule has 0 heterocycles. The number of ether oxygens (including phenoxy) is 2. The minimum absolute atomic E-state index is 0.190. The lowest BCUT2D eigenvalue weighted by Gasteiger charge is -2.26. The van der Waals surface area contributed by atoms with Crippen LogP contribution in [0.2, 0.25) is 0 Å². The highest BCUT2D eigenvalue weighted by atomic mass is 19.1. The molecule has 0 saturated carbocycles. The molecule has 0 aliphatic rings. The maximum atomic E-state index is 13.3. The van der Waals surface area contributed by atoms with Crippen molar-refractivity contribution in [2.45, 2.75) is 19.2 Å². The number of benzene rings is 3. The zero-order valence-electron chi connectivity index (χ0n) is 16.5. The molecule has 0 fully saturated rings. The van der Waals surface area contributed by atoms with Crippen LogP contribution >= 0.6 is 0 Å². The van der Waals surface area contributed by atoms with Crippen LogP contribution < -0.4 is 9.47 Å². The van der Waals surface area contributed by atoms with Crippen molar-refractivity contribution in [1.29, 1.82) is 0 Å². The van der Waals surface area contributed by atoms with Crippen molar-refractivity contribution in [3.8, 4) is 11.5 Å². The van der Waals surface area contributed by atoms with Gasteiger partial charge in [-0.2, -0.15) is 0 Å². The second kappa shape index (κ2) is 10.6. The average molecular weight is 395 g/mol. The van der Waals surface area contributed by atoms with Crippen molar-refractivity contribution in [3.63, 3.8) is 0 Å². The van der Waals surface area contributed by atoms with Gasteiger partial charge in [0.2, 0.25) is 0 Å². The Labute approximate surface area is 171 Å². The van der Waals surface area contributed by atoms with Crippen molar-refractivity contribution < 1.29 is 19.0 Å². The highest BCUT2D eigenvalue weighted by Gasteiger charge is 2.16. The summed E-state index contributed by atoms with van der Waals surface area (Å²) in [7, 11) is 1.64. The van der Waals surface area contributed by atoms with Crippen LogP contribution in [0.3, 0.4) is 0 Å². The molecule has 0 saturated heterocycles. The quantitative estimate of drug-likeness (QED) is 0.557. The monoisotopic (exact) mass is 395 g/mol. The molecule has 0 bridgehead atoms. The summed E-state index contributed by atoms with van der Waals surface area (Å²) in [5.74, 6) is 1.26. The van der Waals surface area contributed by atoms with Crippen molar-refractivity contribution >= 4 is 0 Å². The van der Waals surface area contributed by atoms with Crippen LogP contribution in [-0.2, 0) is 13.1 Å². The van der Waals surface area contributed by atoms with Crippen molar-refractivity contribution in [3.05, 3.63) is 95.8 Å². The second-order valence-corrected chi connectivity index (χ2v) is 6.89. The van der Waals surface area contributed by atoms with E-state index in [1.807, 2.05) is 54.6 Å². The molecule has 1 atom stereocenters. The van der Waals surface area contributed by atoms with Crippen LogP contribution in [0.25, 0.3) is 0 Å². The fourth-order valence-corrected chi connectivity index (χ4v) is 3.17. The van der Waals surface area contributed by atoms with Gasteiger partial charge in [0.15, 0.2) is 0 Å². The molecule has 0 aromatic heterocycles. The maximum absolute atomic E-state index is 13.3. The fourth-order valence-electron chi connectivity index (χ4n) is 3.17. The van der Waals surface area contributed by atoms with Gasteiger partial charge in [0.25, 0.3) is 0 Å². The van der Waals surface area contributed by atoms with Gasteiger partial charge in [-0.15, -0.1) is 0 Å². The molecule has 0 aliphatic heterocycles. The molecule has 152 valence electrons. The van der Waals surface area contributed by atoms with Crippen molar-refractivity contribution in [2.24, 2.45) is 0 Å². The fraction of sp³-hybridized carbons (Fsp3) is 0.250. The average Bonchev–Trinajstić information content (AvgIpc) is 2.75. The highest BCUT2D eigenvalue weighted by molar-refractivity contribution is 5.33. The number of hydrogen-bond acceptors (Lipinski definition) is 4. The maximum Gasteiger partial charge on any atom is 0.123 e. The third kappa shape index (κ3) is 6.59. The summed E-state index contributed by atoms with van der Waals surface area (Å²) in [4.78, 5) is 2.10. The van der Waals surface area contributed by atoms with Gasteiger partial charge in [-0.25, -0.2) is 4.39 Å². The summed E-state index contributed by atoms with van der Waals surface area (Å²) in [6.45, 7) is 1.75. The van der Waals surface area contributed by atoms with E-state index in [-0.39, 0.29) is 12.4 Å². The van der Waals surface area contributed by atoms with Gasteiger partial charge in [-0.05, 0) is 35.9 Å². The SMILES string of the molecule is COc1ccccc1CN(Cc1ccc(F)cc1)CC(O)COc1ccccc1. The lowest BCUT2D eigenvalue weighted by molar-refractivity contribution is 0.0626.